The van der Waals surface area contributed by atoms with Gasteiger partial charge >= 0.3 is 15.1 Å². The van der Waals surface area contributed by atoms with Crippen molar-refractivity contribution in [2.45, 2.75) is 26.2 Å². The molecule has 7 heteroatoms. The summed E-state index contributed by atoms with van der Waals surface area (Å²) in [5.74, 6) is -0.902. The summed E-state index contributed by atoms with van der Waals surface area (Å²) in [6.07, 6.45) is 2.11. The molecule has 0 amide bonds. The molecule has 128 valence electrons. The lowest BCUT2D eigenvalue weighted by molar-refractivity contribution is -0.143. The Kier molecular flexibility index (Phi) is 10.6. The van der Waals surface area contributed by atoms with Gasteiger partial charge in [0.15, 0.2) is 5.78 Å². The minimum absolute atomic E-state index is 0.286. The van der Waals surface area contributed by atoms with E-state index in [0.29, 0.717) is 17.9 Å². The summed E-state index contributed by atoms with van der Waals surface area (Å²) in [6.45, 7) is 2.00. The van der Waals surface area contributed by atoms with Crippen LogP contribution in [0.15, 0.2) is 18.2 Å². The van der Waals surface area contributed by atoms with E-state index in [1.54, 1.807) is 18.2 Å². The molecular formula is C16H24O6P+. The smallest absolute Gasteiger partial charge is 0.316 e. The Labute approximate surface area is 138 Å². The van der Waals surface area contributed by atoms with Crippen LogP contribution in [0.2, 0.25) is 0 Å². The normalized spacial score (nSPS) is 10.8. The minimum Gasteiger partial charge on any atom is -0.496 e. The highest BCUT2D eigenvalue weighted by Crippen LogP contribution is 2.32. The third-order valence-corrected chi connectivity index (χ3v) is 3.32. The van der Waals surface area contributed by atoms with Crippen LogP contribution in [0, 0.1) is 5.92 Å². The highest BCUT2D eigenvalue weighted by atomic mass is 31.0. The van der Waals surface area contributed by atoms with Crippen LogP contribution in [-0.4, -0.2) is 33.1 Å². The molecule has 1 aromatic rings. The van der Waals surface area contributed by atoms with E-state index in [-0.39, 0.29) is 11.3 Å². The molecule has 0 aliphatic heterocycles. The molecule has 0 aliphatic carbocycles. The van der Waals surface area contributed by atoms with Crippen molar-refractivity contribution in [3.8, 4) is 11.5 Å². The van der Waals surface area contributed by atoms with Crippen molar-refractivity contribution >= 4 is 20.9 Å². The molecule has 0 aromatic heterocycles. The van der Waals surface area contributed by atoms with Gasteiger partial charge in [0, 0.05) is 0 Å². The van der Waals surface area contributed by atoms with Crippen LogP contribution < -0.4 is 9.47 Å². The standard InChI is InChI=1S/C16H22O5.H2OP/c1-5-6-8-11(16(18)21-4)15(17)14-12(19-2)9-7-10-13(14)20-3;1-2/h7,9-11H,5-6,8H2,1-4H3;2H2/q;+1. The van der Waals surface area contributed by atoms with E-state index in [1.165, 1.54) is 30.4 Å². The number of esters is 1. The number of hydrogen-bond donors (Lipinski definition) is 0. The summed E-state index contributed by atoms with van der Waals surface area (Å²) in [5.41, 5.74) is 0.286. The Morgan fingerprint density at radius 3 is 2.00 bits per heavy atom. The maximum absolute atomic E-state index is 12.7. The van der Waals surface area contributed by atoms with Gasteiger partial charge in [-0.1, -0.05) is 30.4 Å². The summed E-state index contributed by atoms with van der Waals surface area (Å²) in [4.78, 5) is 24.7. The van der Waals surface area contributed by atoms with Crippen LogP contribution >= 0.6 is 9.12 Å². The molecule has 0 N–H and O–H groups in total. The van der Waals surface area contributed by atoms with E-state index in [0.717, 1.165) is 12.8 Å². The van der Waals surface area contributed by atoms with Crippen LogP contribution in [0.25, 0.3) is 0 Å². The van der Waals surface area contributed by atoms with Crippen molar-refractivity contribution in [3.63, 3.8) is 0 Å². The average Bonchev–Trinajstić information content (AvgIpc) is 2.62. The molecule has 1 rings (SSSR count). The first kappa shape index (κ1) is 21.1. The largest absolute Gasteiger partial charge is 0.496 e. The summed E-state index contributed by atoms with van der Waals surface area (Å²) < 4.78 is 23.4. The Morgan fingerprint density at radius 1 is 1.09 bits per heavy atom. The summed E-state index contributed by atoms with van der Waals surface area (Å²) in [5, 5.41) is 0. The van der Waals surface area contributed by atoms with Crippen molar-refractivity contribution < 1.29 is 28.4 Å². The fourth-order valence-electron chi connectivity index (χ4n) is 2.17. The van der Waals surface area contributed by atoms with Crippen molar-refractivity contribution in [3.05, 3.63) is 23.8 Å². The maximum Gasteiger partial charge on any atom is 0.316 e. The van der Waals surface area contributed by atoms with Gasteiger partial charge in [-0.3, -0.25) is 9.59 Å². The van der Waals surface area contributed by atoms with Gasteiger partial charge in [-0.2, -0.15) is 0 Å². The number of carbonyl (C=O) groups is 2. The zero-order valence-electron chi connectivity index (χ0n) is 14.0. The van der Waals surface area contributed by atoms with Crippen LogP contribution in [0.3, 0.4) is 0 Å². The molecule has 0 saturated carbocycles. The van der Waals surface area contributed by atoms with Crippen LogP contribution in [0.5, 0.6) is 11.5 Å². The van der Waals surface area contributed by atoms with E-state index in [2.05, 4.69) is 0 Å². The fourth-order valence-corrected chi connectivity index (χ4v) is 2.17. The van der Waals surface area contributed by atoms with Gasteiger partial charge in [0.25, 0.3) is 0 Å². The number of carbonyl (C=O) groups excluding carboxylic acids is 2. The van der Waals surface area contributed by atoms with Crippen LogP contribution in [-0.2, 0) is 14.1 Å². The SMILES string of the molecule is CCCCC(C(=O)OC)C(=O)c1c(OC)cccc1OC.O=[PH2+]. The van der Waals surface area contributed by atoms with Gasteiger partial charge in [0.05, 0.1) is 21.3 Å². The lowest BCUT2D eigenvalue weighted by Gasteiger charge is -2.17. The highest BCUT2D eigenvalue weighted by Gasteiger charge is 2.32. The third kappa shape index (κ3) is 5.64. The van der Waals surface area contributed by atoms with Crippen LogP contribution in [0.1, 0.15) is 36.5 Å². The average molecular weight is 343 g/mol. The Bertz CT molecular complexity index is 495. The second kappa shape index (κ2) is 11.6. The molecule has 0 aliphatic rings. The number of benzene rings is 1. The lowest BCUT2D eigenvalue weighted by Crippen LogP contribution is -2.26. The zero-order valence-corrected chi connectivity index (χ0v) is 15.1. The quantitative estimate of drug-likeness (QED) is 0.312. The second-order valence-electron chi connectivity index (χ2n) is 4.62. The van der Waals surface area contributed by atoms with Gasteiger partial charge in [0.1, 0.15) is 23.0 Å². The molecule has 0 bridgehead atoms. The second-order valence-corrected chi connectivity index (χ2v) is 4.62. The number of ether oxygens (including phenoxy) is 3. The summed E-state index contributed by atoms with van der Waals surface area (Å²) >= 11 is 0. The van der Waals surface area contributed by atoms with Gasteiger partial charge in [0.2, 0.25) is 0 Å². The predicted molar refractivity (Wildman–Crippen MR) is 89.3 cm³/mol. The van der Waals surface area contributed by atoms with E-state index in [9.17, 15) is 9.59 Å². The first-order valence-corrected chi connectivity index (χ1v) is 7.64. The number of unbranched alkanes of at least 4 members (excludes halogenated alkanes) is 1. The number of hydrogen-bond acceptors (Lipinski definition) is 6. The summed E-state index contributed by atoms with van der Waals surface area (Å²) in [6, 6.07) is 5.07. The monoisotopic (exact) mass is 343 g/mol. The van der Waals surface area contributed by atoms with Crippen molar-refractivity contribution in [2.24, 2.45) is 5.92 Å². The summed E-state index contributed by atoms with van der Waals surface area (Å²) in [7, 11) is 5.41. The molecule has 1 aromatic carbocycles. The number of rotatable bonds is 8. The lowest BCUT2D eigenvalue weighted by atomic mass is 9.91. The van der Waals surface area contributed by atoms with E-state index < -0.39 is 11.9 Å². The van der Waals surface area contributed by atoms with Gasteiger partial charge in [-0.05, 0) is 18.6 Å². The van der Waals surface area contributed by atoms with Gasteiger partial charge in [-0.15, -0.1) is 0 Å². The maximum atomic E-state index is 12.7. The predicted octanol–water partition coefficient (Wildman–Crippen LogP) is 3.07. The third-order valence-electron chi connectivity index (χ3n) is 3.32. The molecule has 0 saturated heterocycles. The van der Waals surface area contributed by atoms with Crippen LogP contribution in [0.4, 0.5) is 0 Å². The van der Waals surface area contributed by atoms with Crippen molar-refractivity contribution in [1.82, 2.24) is 0 Å². The van der Waals surface area contributed by atoms with E-state index in [4.69, 9.17) is 18.8 Å². The highest BCUT2D eigenvalue weighted by molar-refractivity contribution is 7.00. The minimum atomic E-state index is -0.833. The number of ketones is 1. The molecule has 0 radical (unpaired) electrons. The van der Waals surface area contributed by atoms with Crippen molar-refractivity contribution in [1.29, 1.82) is 0 Å². The van der Waals surface area contributed by atoms with E-state index >= 15 is 0 Å². The number of methoxy groups -OCH3 is 3. The topological polar surface area (TPSA) is 78.9 Å². The molecule has 0 fully saturated rings. The first-order chi connectivity index (χ1) is 11.1. The van der Waals surface area contributed by atoms with Gasteiger partial charge < -0.3 is 14.2 Å². The molecule has 0 spiro atoms. The number of Topliss-reactive ketones (excluding diaryl/α,β-unsaturated/α-hetero) is 1. The Balaban J connectivity index is 0.00000232. The van der Waals surface area contributed by atoms with E-state index in [1.807, 2.05) is 6.92 Å². The fraction of sp³-hybridized carbons (Fsp3) is 0.500. The molecule has 2 unspecified atom stereocenters. The first-order valence-electron chi connectivity index (χ1n) is 7.17. The molecule has 2 atom stereocenters. The Morgan fingerprint density at radius 2 is 1.61 bits per heavy atom. The molecule has 23 heavy (non-hydrogen) atoms. The zero-order chi connectivity index (χ0) is 17.8. The van der Waals surface area contributed by atoms with Crippen molar-refractivity contribution in [2.75, 3.05) is 21.3 Å². The molecular weight excluding hydrogens is 319 g/mol. The Hall–Kier alpha value is -1.94. The van der Waals surface area contributed by atoms with Gasteiger partial charge in [-0.25, -0.2) is 0 Å². The molecule has 0 heterocycles. The molecule has 6 nitrogen and oxygen atoms in total.